The predicted octanol–water partition coefficient (Wildman–Crippen LogP) is 5.04. The second-order valence-corrected chi connectivity index (χ2v) is 14.2. The number of anilines is 1. The van der Waals surface area contributed by atoms with Crippen LogP contribution in [0.4, 0.5) is 10.1 Å². The molecule has 1 aromatic heterocycles. The van der Waals surface area contributed by atoms with Crippen LogP contribution < -0.4 is 10.2 Å². The normalized spacial score (nSPS) is 22.9. The summed E-state index contributed by atoms with van der Waals surface area (Å²) in [4.78, 5) is 15.7. The van der Waals surface area contributed by atoms with Gasteiger partial charge < -0.3 is 10.2 Å². The van der Waals surface area contributed by atoms with Crippen molar-refractivity contribution in [2.75, 3.05) is 36.5 Å². The Kier molecular flexibility index (Phi) is 7.32. The van der Waals surface area contributed by atoms with E-state index in [1.165, 1.54) is 12.1 Å². The van der Waals surface area contributed by atoms with Gasteiger partial charge in [0.2, 0.25) is 5.91 Å². The summed E-state index contributed by atoms with van der Waals surface area (Å²) in [5.74, 6) is 0.398. The van der Waals surface area contributed by atoms with Crippen molar-refractivity contribution in [3.8, 4) is 22.9 Å². The Morgan fingerprint density at radius 1 is 1.07 bits per heavy atom. The molecule has 2 aromatic carbocycles. The average molecular weight is 575 g/mol. The molecule has 1 aliphatic heterocycles. The van der Waals surface area contributed by atoms with E-state index in [0.717, 1.165) is 53.9 Å². The maximum absolute atomic E-state index is 13.7. The van der Waals surface area contributed by atoms with E-state index in [2.05, 4.69) is 44.9 Å². The number of hydrogen-bond donors (Lipinski definition) is 1. The van der Waals surface area contributed by atoms with Crippen molar-refractivity contribution in [2.24, 2.45) is 10.3 Å². The number of amides is 1. The largest absolute Gasteiger partial charge is 0.370 e. The highest BCUT2D eigenvalue weighted by Gasteiger charge is 2.47. The van der Waals surface area contributed by atoms with Crippen LogP contribution in [0.3, 0.4) is 0 Å². The molecule has 10 heteroatoms. The van der Waals surface area contributed by atoms with Gasteiger partial charge in [0.25, 0.3) is 0 Å². The van der Waals surface area contributed by atoms with Gasteiger partial charge in [-0.2, -0.15) is 10.4 Å². The first-order valence-electron chi connectivity index (χ1n) is 14.4. The fourth-order valence-electron chi connectivity index (χ4n) is 6.11. The molecular formula is C31H35FN6O2S. The standard InChI is InChI=1S/C31H35FN6O2S/c1-34-41(40)18-16-37(17-19-41)24-10-6-22(7-11-24)28-20-38(25-12-8-23(32)9-13-25)36-29(28)26-4-2-3-5-27(26)30(39)35-31(21-33)14-15-31/h6-13,20,26-27H,2-5,14-19H2,1H3,(H,35,39). The van der Waals surface area contributed by atoms with Crippen LogP contribution in [0.1, 0.15) is 50.1 Å². The van der Waals surface area contributed by atoms with E-state index >= 15 is 0 Å². The maximum Gasteiger partial charge on any atom is 0.225 e. The van der Waals surface area contributed by atoms with Gasteiger partial charge in [-0.05, 0) is 67.6 Å². The molecule has 3 aromatic rings. The molecule has 3 aliphatic rings. The van der Waals surface area contributed by atoms with Crippen molar-refractivity contribution >= 4 is 21.3 Å². The summed E-state index contributed by atoms with van der Waals surface area (Å²) in [5, 5.41) is 17.6. The molecular weight excluding hydrogens is 539 g/mol. The number of nitrogens with zero attached hydrogens (tertiary/aromatic N) is 5. The smallest absolute Gasteiger partial charge is 0.225 e. The molecule has 2 atom stereocenters. The van der Waals surface area contributed by atoms with Gasteiger partial charge in [-0.25, -0.2) is 17.6 Å². The number of nitriles is 1. The van der Waals surface area contributed by atoms with Gasteiger partial charge in [-0.1, -0.05) is 25.0 Å². The fourth-order valence-corrected chi connectivity index (χ4v) is 7.69. The second-order valence-electron chi connectivity index (χ2n) is 11.4. The lowest BCUT2D eigenvalue weighted by molar-refractivity contribution is -0.127. The van der Waals surface area contributed by atoms with Crippen molar-refractivity contribution in [1.29, 1.82) is 5.26 Å². The maximum atomic E-state index is 13.7. The first-order valence-corrected chi connectivity index (χ1v) is 16.2. The molecule has 2 aliphatic carbocycles. The first-order chi connectivity index (χ1) is 19.8. The molecule has 1 amide bonds. The number of benzene rings is 2. The third kappa shape index (κ3) is 5.60. The van der Waals surface area contributed by atoms with E-state index < -0.39 is 15.3 Å². The van der Waals surface area contributed by atoms with Gasteiger partial charge >= 0.3 is 0 Å². The van der Waals surface area contributed by atoms with E-state index in [0.29, 0.717) is 37.4 Å². The molecule has 2 heterocycles. The summed E-state index contributed by atoms with van der Waals surface area (Å²) in [7, 11) is -0.445. The van der Waals surface area contributed by atoms with Crippen molar-refractivity contribution in [3.05, 3.63) is 66.2 Å². The van der Waals surface area contributed by atoms with Crippen LogP contribution in [0.2, 0.25) is 0 Å². The van der Waals surface area contributed by atoms with E-state index in [1.807, 2.05) is 6.20 Å². The predicted molar refractivity (Wildman–Crippen MR) is 158 cm³/mol. The minimum Gasteiger partial charge on any atom is -0.370 e. The van der Waals surface area contributed by atoms with Gasteiger partial charge in [0.1, 0.15) is 11.4 Å². The van der Waals surface area contributed by atoms with E-state index in [9.17, 15) is 18.7 Å². The number of carbonyl (C=O) groups excluding carboxylic acids is 1. The number of hydrogen-bond acceptors (Lipinski definition) is 6. The van der Waals surface area contributed by atoms with E-state index in [-0.39, 0.29) is 23.6 Å². The quantitative estimate of drug-likeness (QED) is 0.444. The molecule has 2 unspecified atom stereocenters. The molecule has 0 bridgehead atoms. The minimum absolute atomic E-state index is 0.0631. The third-order valence-electron chi connectivity index (χ3n) is 8.85. The highest BCUT2D eigenvalue weighted by Crippen LogP contribution is 2.43. The number of carbonyl (C=O) groups is 1. The van der Waals surface area contributed by atoms with Crippen LogP contribution in [0.25, 0.3) is 16.8 Å². The second kappa shape index (κ2) is 10.9. The van der Waals surface area contributed by atoms with Crippen LogP contribution in [0, 0.1) is 23.1 Å². The Bertz CT molecular complexity index is 1580. The molecule has 41 heavy (non-hydrogen) atoms. The lowest BCUT2D eigenvalue weighted by atomic mass is 9.75. The fraction of sp³-hybridized carbons (Fsp3) is 0.452. The average Bonchev–Trinajstić information content (AvgIpc) is 3.64. The summed E-state index contributed by atoms with van der Waals surface area (Å²) in [6, 6.07) is 16.8. The monoisotopic (exact) mass is 574 g/mol. The van der Waals surface area contributed by atoms with E-state index in [4.69, 9.17) is 5.10 Å². The highest BCUT2D eigenvalue weighted by molar-refractivity contribution is 7.93. The summed E-state index contributed by atoms with van der Waals surface area (Å²) < 4.78 is 32.2. The Morgan fingerprint density at radius 2 is 1.73 bits per heavy atom. The zero-order chi connectivity index (χ0) is 28.6. The number of nitrogens with one attached hydrogen (secondary N) is 1. The van der Waals surface area contributed by atoms with Crippen LogP contribution >= 0.6 is 0 Å². The highest BCUT2D eigenvalue weighted by atomic mass is 32.2. The van der Waals surface area contributed by atoms with Gasteiger partial charge in [0.05, 0.1) is 17.5 Å². The number of rotatable bonds is 6. The summed E-state index contributed by atoms with van der Waals surface area (Å²) >= 11 is 0. The van der Waals surface area contributed by atoms with Gasteiger partial charge in [-0.3, -0.25) is 4.79 Å². The Labute approximate surface area is 240 Å². The third-order valence-corrected chi connectivity index (χ3v) is 11.2. The minimum atomic E-state index is -2.09. The number of halogens is 1. The van der Waals surface area contributed by atoms with E-state index in [1.54, 1.807) is 23.9 Å². The molecule has 0 radical (unpaired) electrons. The van der Waals surface area contributed by atoms with Gasteiger partial charge in [0.15, 0.2) is 0 Å². The molecule has 6 rings (SSSR count). The van der Waals surface area contributed by atoms with Crippen molar-refractivity contribution < 1.29 is 13.4 Å². The number of aromatic nitrogens is 2. The zero-order valence-corrected chi connectivity index (χ0v) is 24.1. The molecule has 2 saturated carbocycles. The van der Waals surface area contributed by atoms with Crippen molar-refractivity contribution in [2.45, 2.75) is 50.0 Å². The Morgan fingerprint density at radius 3 is 2.37 bits per heavy atom. The summed E-state index contributed by atoms with van der Waals surface area (Å²) in [6.45, 7) is 1.40. The summed E-state index contributed by atoms with van der Waals surface area (Å²) in [6.07, 6.45) is 6.92. The molecule has 8 nitrogen and oxygen atoms in total. The lowest BCUT2D eigenvalue weighted by Gasteiger charge is -2.31. The topological polar surface area (TPSA) is 103 Å². The molecule has 214 valence electrons. The lowest BCUT2D eigenvalue weighted by Crippen LogP contribution is -2.42. The van der Waals surface area contributed by atoms with Crippen LogP contribution in [0.5, 0.6) is 0 Å². The molecule has 1 N–H and O–H groups in total. The zero-order valence-electron chi connectivity index (χ0n) is 23.3. The molecule has 3 fully saturated rings. The van der Waals surface area contributed by atoms with Crippen LogP contribution in [-0.4, -0.2) is 57.1 Å². The van der Waals surface area contributed by atoms with Gasteiger partial charge in [0, 0.05) is 70.7 Å². The summed E-state index contributed by atoms with van der Waals surface area (Å²) in [5.41, 5.74) is 3.89. The van der Waals surface area contributed by atoms with Crippen molar-refractivity contribution in [3.63, 3.8) is 0 Å². The Balaban J connectivity index is 1.33. The first kappa shape index (κ1) is 27.5. The van der Waals surface area contributed by atoms with Crippen molar-refractivity contribution in [1.82, 2.24) is 15.1 Å². The van der Waals surface area contributed by atoms with Crippen LogP contribution in [-0.2, 0) is 14.5 Å². The molecule has 0 spiro atoms. The molecule has 1 saturated heterocycles. The Hall–Kier alpha value is -3.71. The van der Waals surface area contributed by atoms with Crippen LogP contribution in [0.15, 0.2) is 59.1 Å². The van der Waals surface area contributed by atoms with Gasteiger partial charge in [-0.15, -0.1) is 0 Å². The SMILES string of the molecule is CN=S1(=O)CCN(c2ccc(-c3cn(-c4ccc(F)cc4)nc3C3CCCCC3C(=O)NC3(C#N)CC3)cc2)CC1.